The first-order valence-electron chi connectivity index (χ1n) is 5.30. The van der Waals surface area contributed by atoms with E-state index in [4.69, 9.17) is 5.11 Å². The van der Waals surface area contributed by atoms with E-state index in [1.54, 1.807) is 12.1 Å². The predicted molar refractivity (Wildman–Crippen MR) is 67.5 cm³/mol. The minimum absolute atomic E-state index is 0.320. The molecule has 1 atom stereocenters. The van der Waals surface area contributed by atoms with Crippen LogP contribution in [0.3, 0.4) is 0 Å². The van der Waals surface area contributed by atoms with Crippen molar-refractivity contribution in [3.05, 3.63) is 21.9 Å². The molecule has 1 aromatic rings. The molecule has 1 heterocycles. The molecule has 1 unspecified atom stereocenters. The summed E-state index contributed by atoms with van der Waals surface area (Å²) in [6, 6.07) is 3.33. The van der Waals surface area contributed by atoms with Crippen molar-refractivity contribution in [1.82, 2.24) is 0 Å². The van der Waals surface area contributed by atoms with Crippen molar-refractivity contribution in [3.63, 3.8) is 0 Å². The normalized spacial score (nSPS) is 12.6. The van der Waals surface area contributed by atoms with E-state index in [9.17, 15) is 9.00 Å². The zero-order valence-corrected chi connectivity index (χ0v) is 10.9. The zero-order valence-electron chi connectivity index (χ0n) is 9.27. The quantitative estimate of drug-likeness (QED) is 0.767. The molecule has 1 rings (SSSR count). The highest BCUT2D eigenvalue weighted by atomic mass is 32.2. The number of carbonyl (C=O) groups is 1. The molecule has 0 spiro atoms. The van der Waals surface area contributed by atoms with Crippen LogP contribution in [0.15, 0.2) is 12.1 Å². The van der Waals surface area contributed by atoms with Gasteiger partial charge in [0.05, 0.1) is 5.75 Å². The molecule has 0 aliphatic carbocycles. The Morgan fingerprint density at radius 2 is 2.19 bits per heavy atom. The van der Waals surface area contributed by atoms with E-state index in [2.05, 4.69) is 6.92 Å². The Hall–Kier alpha value is -0.680. The first kappa shape index (κ1) is 13.4. The van der Waals surface area contributed by atoms with Crippen molar-refractivity contribution in [3.8, 4) is 0 Å². The monoisotopic (exact) mass is 260 g/mol. The van der Waals surface area contributed by atoms with Crippen LogP contribution >= 0.6 is 11.3 Å². The topological polar surface area (TPSA) is 54.4 Å². The first-order valence-corrected chi connectivity index (χ1v) is 7.61. The highest BCUT2D eigenvalue weighted by Gasteiger charge is 2.09. The Morgan fingerprint density at radius 1 is 1.44 bits per heavy atom. The fraction of sp³-hybridized carbons (Fsp3) is 0.545. The van der Waals surface area contributed by atoms with E-state index >= 15 is 0 Å². The average molecular weight is 260 g/mol. The molecule has 0 amide bonds. The van der Waals surface area contributed by atoms with E-state index in [1.165, 1.54) is 11.3 Å². The van der Waals surface area contributed by atoms with Crippen molar-refractivity contribution in [1.29, 1.82) is 0 Å². The lowest BCUT2D eigenvalue weighted by Crippen LogP contribution is -1.99. The van der Waals surface area contributed by atoms with E-state index in [0.717, 1.165) is 24.1 Å². The van der Waals surface area contributed by atoms with Gasteiger partial charge < -0.3 is 5.11 Å². The highest BCUT2D eigenvalue weighted by Crippen LogP contribution is 2.18. The number of thiophene rings is 1. The molecule has 0 aliphatic heterocycles. The molecular formula is C11H16O3S2. The minimum Gasteiger partial charge on any atom is -0.477 e. The second kappa shape index (κ2) is 6.81. The van der Waals surface area contributed by atoms with Crippen LogP contribution in [0.25, 0.3) is 0 Å². The van der Waals surface area contributed by atoms with Gasteiger partial charge in [0.15, 0.2) is 0 Å². The maximum atomic E-state index is 11.6. The Labute approximate surface area is 102 Å². The molecule has 0 aliphatic rings. The minimum atomic E-state index is -0.909. The van der Waals surface area contributed by atoms with Gasteiger partial charge in [0.1, 0.15) is 4.88 Å². The predicted octanol–water partition coefficient (Wildman–Crippen LogP) is 2.89. The van der Waals surface area contributed by atoms with Gasteiger partial charge in [-0.25, -0.2) is 4.79 Å². The van der Waals surface area contributed by atoms with Gasteiger partial charge in [0.2, 0.25) is 0 Å². The van der Waals surface area contributed by atoms with Crippen molar-refractivity contribution >= 4 is 28.1 Å². The largest absolute Gasteiger partial charge is 0.477 e. The van der Waals surface area contributed by atoms with Crippen LogP contribution < -0.4 is 0 Å². The summed E-state index contributed by atoms with van der Waals surface area (Å²) in [5, 5.41) is 8.74. The number of unbranched alkanes of at least 4 members (excludes halogenated alkanes) is 2. The van der Waals surface area contributed by atoms with Gasteiger partial charge in [-0.3, -0.25) is 4.21 Å². The van der Waals surface area contributed by atoms with E-state index < -0.39 is 16.8 Å². The van der Waals surface area contributed by atoms with Gasteiger partial charge in [0.25, 0.3) is 0 Å². The van der Waals surface area contributed by atoms with E-state index in [-0.39, 0.29) is 0 Å². The zero-order chi connectivity index (χ0) is 12.0. The van der Waals surface area contributed by atoms with Crippen LogP contribution in [0.2, 0.25) is 0 Å². The average Bonchev–Trinajstić information content (AvgIpc) is 2.66. The van der Waals surface area contributed by atoms with Crippen LogP contribution in [-0.4, -0.2) is 21.0 Å². The maximum absolute atomic E-state index is 11.6. The standard InChI is InChI=1S/C11H16O3S2/c1-2-3-4-7-16(14)8-9-5-6-10(15-9)11(12)13/h5-6H,2-4,7-8H2,1H3,(H,12,13). The molecule has 0 bridgehead atoms. The molecular weight excluding hydrogens is 244 g/mol. The van der Waals surface area contributed by atoms with Crippen molar-refractivity contribution in [2.24, 2.45) is 0 Å². The molecule has 0 radical (unpaired) electrons. The molecule has 16 heavy (non-hydrogen) atoms. The van der Waals surface area contributed by atoms with Crippen LogP contribution in [0, 0.1) is 0 Å². The van der Waals surface area contributed by atoms with Crippen LogP contribution in [-0.2, 0) is 16.6 Å². The second-order valence-corrected chi connectivity index (χ2v) is 6.31. The summed E-state index contributed by atoms with van der Waals surface area (Å²) in [6.45, 7) is 2.11. The molecule has 1 aromatic heterocycles. The van der Waals surface area contributed by atoms with Gasteiger partial charge in [-0.2, -0.15) is 0 Å². The molecule has 1 N–H and O–H groups in total. The van der Waals surface area contributed by atoms with Gasteiger partial charge in [-0.15, -0.1) is 11.3 Å². The van der Waals surface area contributed by atoms with Crippen LogP contribution in [0.1, 0.15) is 40.7 Å². The summed E-state index contributed by atoms with van der Waals surface area (Å²) < 4.78 is 11.6. The van der Waals surface area contributed by atoms with Crippen molar-refractivity contribution in [2.45, 2.75) is 31.9 Å². The van der Waals surface area contributed by atoms with Gasteiger partial charge in [-0.1, -0.05) is 19.8 Å². The summed E-state index contributed by atoms with van der Waals surface area (Å²) in [5.41, 5.74) is 0. The summed E-state index contributed by atoms with van der Waals surface area (Å²) in [5.74, 6) is 0.295. The van der Waals surface area contributed by atoms with E-state index in [1.807, 2.05) is 0 Å². The Kier molecular flexibility index (Phi) is 5.69. The highest BCUT2D eigenvalue weighted by molar-refractivity contribution is 7.84. The molecule has 3 nitrogen and oxygen atoms in total. The Bertz CT molecular complexity index is 371. The van der Waals surface area contributed by atoms with Crippen LogP contribution in [0.4, 0.5) is 0 Å². The second-order valence-electron chi connectivity index (χ2n) is 3.57. The number of hydrogen-bond donors (Lipinski definition) is 1. The fourth-order valence-corrected chi connectivity index (χ4v) is 3.67. The lowest BCUT2D eigenvalue weighted by atomic mass is 10.3. The number of rotatable bonds is 7. The third kappa shape index (κ3) is 4.45. The van der Waals surface area contributed by atoms with Crippen molar-refractivity contribution in [2.75, 3.05) is 5.75 Å². The number of aromatic carboxylic acids is 1. The molecule has 0 aromatic carbocycles. The van der Waals surface area contributed by atoms with E-state index in [0.29, 0.717) is 16.4 Å². The first-order chi connectivity index (χ1) is 7.63. The van der Waals surface area contributed by atoms with Gasteiger partial charge in [0, 0.05) is 21.4 Å². The summed E-state index contributed by atoms with van der Waals surface area (Å²) in [7, 11) is -0.855. The lowest BCUT2D eigenvalue weighted by molar-refractivity contribution is 0.0702. The molecule has 5 heteroatoms. The fourth-order valence-electron chi connectivity index (χ4n) is 1.31. The number of hydrogen-bond acceptors (Lipinski definition) is 3. The summed E-state index contributed by atoms with van der Waals surface area (Å²) >= 11 is 1.22. The van der Waals surface area contributed by atoms with Crippen LogP contribution in [0.5, 0.6) is 0 Å². The van der Waals surface area contributed by atoms with Gasteiger partial charge in [-0.05, 0) is 18.6 Å². The summed E-state index contributed by atoms with van der Waals surface area (Å²) in [4.78, 5) is 11.9. The Morgan fingerprint density at radius 3 is 2.75 bits per heavy atom. The lowest BCUT2D eigenvalue weighted by Gasteiger charge is -1.99. The maximum Gasteiger partial charge on any atom is 0.345 e. The van der Waals surface area contributed by atoms with Gasteiger partial charge >= 0.3 is 5.97 Å². The number of carboxylic acid groups (broad SMARTS) is 1. The number of carboxylic acids is 1. The summed E-state index contributed by atoms with van der Waals surface area (Å²) in [6.07, 6.45) is 3.22. The Balaban J connectivity index is 2.40. The molecule has 0 saturated heterocycles. The van der Waals surface area contributed by atoms with Crippen molar-refractivity contribution < 1.29 is 14.1 Å². The SMILES string of the molecule is CCCCCS(=O)Cc1ccc(C(=O)O)s1. The third-order valence-corrected chi connectivity index (χ3v) is 4.78. The molecule has 0 fully saturated rings. The molecule has 0 saturated carbocycles. The smallest absolute Gasteiger partial charge is 0.345 e. The molecule has 90 valence electrons. The third-order valence-electron chi connectivity index (χ3n) is 2.15.